The van der Waals surface area contributed by atoms with Crippen molar-refractivity contribution in [3.63, 3.8) is 0 Å². The fourth-order valence-corrected chi connectivity index (χ4v) is 4.33. The summed E-state index contributed by atoms with van der Waals surface area (Å²) in [5.41, 5.74) is 2.83. The number of carbonyl (C=O) groups excluding carboxylic acids is 1. The third-order valence-electron chi connectivity index (χ3n) is 4.87. The molecule has 2 aromatic carbocycles. The number of thioether (sulfide) groups is 1. The lowest BCUT2D eigenvalue weighted by Gasteiger charge is -2.15. The molecule has 1 saturated heterocycles. The number of methoxy groups -OCH3 is 1. The Balaban J connectivity index is 1.41. The van der Waals surface area contributed by atoms with E-state index in [4.69, 9.17) is 14.3 Å². The number of hydrogen-bond donors (Lipinski definition) is 0. The molecule has 1 unspecified atom stereocenters. The van der Waals surface area contributed by atoms with Crippen molar-refractivity contribution in [2.45, 2.75) is 31.9 Å². The Hall–Kier alpha value is -3.13. The number of amides is 1. The average Bonchev–Trinajstić information content (AvgIpc) is 3.39. The zero-order valence-electron chi connectivity index (χ0n) is 17.7. The van der Waals surface area contributed by atoms with Crippen LogP contribution in [0.15, 0.2) is 58.0 Å². The van der Waals surface area contributed by atoms with Crippen LogP contribution in [0.5, 0.6) is 5.75 Å². The molecule has 1 fully saturated rings. The summed E-state index contributed by atoms with van der Waals surface area (Å²) in [5, 5.41) is 5.08. The number of aryl methyl sites for hydroxylation is 2. The van der Waals surface area contributed by atoms with Gasteiger partial charge in [-0.1, -0.05) is 36.0 Å². The Morgan fingerprint density at radius 1 is 1.29 bits per heavy atom. The number of rotatable bonds is 6. The quantitative estimate of drug-likeness (QED) is 0.560. The molecule has 7 nitrogen and oxygen atoms in total. The molecule has 1 aromatic heterocycles. The Kier molecular flexibility index (Phi) is 6.36. The van der Waals surface area contributed by atoms with Crippen molar-refractivity contribution in [1.82, 2.24) is 15.0 Å². The number of nitrogens with zero attached hydrogens (tertiary/aromatic N) is 4. The zero-order chi connectivity index (χ0) is 21.8. The maximum absolute atomic E-state index is 12.9. The van der Waals surface area contributed by atoms with Crippen LogP contribution in [0.1, 0.15) is 24.8 Å². The molecule has 1 aliphatic rings. The molecule has 1 atom stereocenters. The highest BCUT2D eigenvalue weighted by molar-refractivity contribution is 8.14. The predicted octanol–water partition coefficient (Wildman–Crippen LogP) is 4.64. The molecule has 4 rings (SSSR count). The molecule has 160 valence electrons. The summed E-state index contributed by atoms with van der Waals surface area (Å²) in [6, 6.07) is 15.4. The van der Waals surface area contributed by atoms with Gasteiger partial charge in [0.25, 0.3) is 0 Å². The molecule has 31 heavy (non-hydrogen) atoms. The van der Waals surface area contributed by atoms with Gasteiger partial charge in [0.15, 0.2) is 5.17 Å². The summed E-state index contributed by atoms with van der Waals surface area (Å²) < 4.78 is 10.5. The molecule has 3 aromatic rings. The van der Waals surface area contributed by atoms with Gasteiger partial charge in [0.1, 0.15) is 5.75 Å². The highest BCUT2D eigenvalue weighted by Crippen LogP contribution is 2.29. The Labute approximate surface area is 185 Å². The first-order chi connectivity index (χ1) is 15.0. The van der Waals surface area contributed by atoms with Gasteiger partial charge in [-0.05, 0) is 48.9 Å². The maximum atomic E-state index is 12.9. The van der Waals surface area contributed by atoms with Gasteiger partial charge in [-0.25, -0.2) is 4.99 Å². The van der Waals surface area contributed by atoms with E-state index in [-0.39, 0.29) is 12.3 Å². The Morgan fingerprint density at radius 3 is 2.84 bits per heavy atom. The molecular weight excluding hydrogens is 412 g/mol. The van der Waals surface area contributed by atoms with E-state index < -0.39 is 0 Å². The molecule has 1 amide bonds. The minimum absolute atomic E-state index is 0.00690. The van der Waals surface area contributed by atoms with Gasteiger partial charge in [-0.2, -0.15) is 4.98 Å². The lowest BCUT2D eigenvalue weighted by Crippen LogP contribution is -2.32. The fraction of sp³-hybridized carbons (Fsp3) is 0.304. The lowest BCUT2D eigenvalue weighted by molar-refractivity contribution is -0.127. The van der Waals surface area contributed by atoms with E-state index in [0.717, 1.165) is 27.7 Å². The molecule has 0 aliphatic carbocycles. The van der Waals surface area contributed by atoms with E-state index in [1.54, 1.807) is 23.8 Å². The summed E-state index contributed by atoms with van der Waals surface area (Å²) >= 11 is 1.62. The van der Waals surface area contributed by atoms with Gasteiger partial charge in [-0.15, -0.1) is 0 Å². The zero-order valence-corrected chi connectivity index (χ0v) is 18.6. The molecule has 0 radical (unpaired) electrons. The number of ether oxygens (including phenoxy) is 1. The van der Waals surface area contributed by atoms with Crippen LogP contribution in [0.25, 0.3) is 11.4 Å². The van der Waals surface area contributed by atoms with Gasteiger partial charge in [0.05, 0.1) is 12.8 Å². The highest BCUT2D eigenvalue weighted by Gasteiger charge is 2.30. The summed E-state index contributed by atoms with van der Waals surface area (Å²) in [5.74, 6) is 1.71. The molecule has 0 saturated carbocycles. The Bertz CT molecular complexity index is 1090. The minimum Gasteiger partial charge on any atom is -0.497 e. The molecule has 2 heterocycles. The standard InChI is InChI=1S/C23H24N4O3S/c1-15-5-4-6-18(13-15)24-23-27(14-16(2)31-23)21(28)12-11-20-25-22(26-30-20)17-7-9-19(29-3)10-8-17/h4-10,13,16H,11-12,14H2,1-3H3. The number of aromatic nitrogens is 2. The fourth-order valence-electron chi connectivity index (χ4n) is 3.28. The highest BCUT2D eigenvalue weighted by atomic mass is 32.2. The molecule has 0 spiro atoms. The summed E-state index contributed by atoms with van der Waals surface area (Å²) in [6.07, 6.45) is 0.666. The second-order valence-corrected chi connectivity index (χ2v) is 8.81. The van der Waals surface area contributed by atoms with Crippen molar-refractivity contribution in [3.8, 4) is 17.1 Å². The Morgan fingerprint density at radius 2 is 2.10 bits per heavy atom. The summed E-state index contributed by atoms with van der Waals surface area (Å²) in [7, 11) is 1.62. The van der Waals surface area contributed by atoms with Gasteiger partial charge < -0.3 is 9.26 Å². The van der Waals surface area contributed by atoms with E-state index >= 15 is 0 Å². The number of aliphatic imine (C=N–C) groups is 1. The van der Waals surface area contributed by atoms with Crippen molar-refractivity contribution >= 4 is 28.5 Å². The van der Waals surface area contributed by atoms with Gasteiger partial charge in [0, 0.05) is 30.2 Å². The normalized spacial score (nSPS) is 17.3. The minimum atomic E-state index is 0.00690. The van der Waals surface area contributed by atoms with Crippen molar-refractivity contribution in [1.29, 1.82) is 0 Å². The van der Waals surface area contributed by atoms with Crippen LogP contribution >= 0.6 is 11.8 Å². The van der Waals surface area contributed by atoms with E-state index in [2.05, 4.69) is 17.1 Å². The molecular formula is C23H24N4O3S. The van der Waals surface area contributed by atoms with Crippen molar-refractivity contribution in [2.75, 3.05) is 13.7 Å². The SMILES string of the molecule is COc1ccc(-c2noc(CCC(=O)N3CC(C)SC3=Nc3cccc(C)c3)n2)cc1. The van der Waals surface area contributed by atoms with Gasteiger partial charge in [0.2, 0.25) is 17.6 Å². The first kappa shape index (κ1) is 21.1. The van der Waals surface area contributed by atoms with Crippen LogP contribution < -0.4 is 4.74 Å². The smallest absolute Gasteiger partial charge is 0.229 e. The van der Waals surface area contributed by atoms with Crippen LogP contribution in [-0.4, -0.2) is 45.0 Å². The lowest BCUT2D eigenvalue weighted by atomic mass is 10.2. The topological polar surface area (TPSA) is 80.8 Å². The molecule has 0 N–H and O–H groups in total. The first-order valence-corrected chi connectivity index (χ1v) is 11.0. The number of hydrogen-bond acceptors (Lipinski definition) is 7. The van der Waals surface area contributed by atoms with Crippen molar-refractivity contribution in [3.05, 3.63) is 60.0 Å². The van der Waals surface area contributed by atoms with Gasteiger partial charge >= 0.3 is 0 Å². The largest absolute Gasteiger partial charge is 0.497 e. The van der Waals surface area contributed by atoms with Crippen LogP contribution in [0.2, 0.25) is 0 Å². The predicted molar refractivity (Wildman–Crippen MR) is 122 cm³/mol. The first-order valence-electron chi connectivity index (χ1n) is 10.1. The number of carbonyl (C=O) groups is 1. The van der Waals surface area contributed by atoms with Crippen LogP contribution in [-0.2, 0) is 11.2 Å². The van der Waals surface area contributed by atoms with Crippen LogP contribution in [0, 0.1) is 6.92 Å². The average molecular weight is 437 g/mol. The summed E-state index contributed by atoms with van der Waals surface area (Å²) in [4.78, 5) is 23.8. The van der Waals surface area contributed by atoms with Gasteiger partial charge in [-0.3, -0.25) is 9.69 Å². The van der Waals surface area contributed by atoms with Crippen LogP contribution in [0.4, 0.5) is 5.69 Å². The third-order valence-corrected chi connectivity index (χ3v) is 5.95. The summed E-state index contributed by atoms with van der Waals surface area (Å²) in [6.45, 7) is 4.78. The van der Waals surface area contributed by atoms with E-state index in [1.165, 1.54) is 0 Å². The second kappa shape index (κ2) is 9.34. The molecule has 1 aliphatic heterocycles. The molecule has 0 bridgehead atoms. The third kappa shape index (κ3) is 5.14. The van der Waals surface area contributed by atoms with E-state index in [9.17, 15) is 4.79 Å². The van der Waals surface area contributed by atoms with Crippen molar-refractivity contribution < 1.29 is 14.1 Å². The van der Waals surface area contributed by atoms with E-state index in [0.29, 0.717) is 29.9 Å². The monoisotopic (exact) mass is 436 g/mol. The van der Waals surface area contributed by atoms with Crippen molar-refractivity contribution in [2.24, 2.45) is 4.99 Å². The number of benzene rings is 2. The second-order valence-electron chi connectivity index (χ2n) is 7.41. The van der Waals surface area contributed by atoms with Crippen LogP contribution in [0.3, 0.4) is 0 Å². The number of amidine groups is 1. The maximum Gasteiger partial charge on any atom is 0.229 e. The van der Waals surface area contributed by atoms with E-state index in [1.807, 2.05) is 55.5 Å². The molecule has 8 heteroatoms.